The molecule has 0 radical (unpaired) electrons. The summed E-state index contributed by atoms with van der Waals surface area (Å²) in [5.41, 5.74) is 0.275. The average molecular weight is 199 g/mol. The van der Waals surface area contributed by atoms with E-state index in [-0.39, 0.29) is 5.56 Å². The molecule has 0 aliphatic carbocycles. The SMILES string of the molecule is CNC(C#N)c1cc(Cl)ccc1F. The average Bonchev–Trinajstić information content (AvgIpc) is 2.13. The third-order valence-electron chi connectivity index (χ3n) is 1.69. The Morgan fingerprint density at radius 1 is 1.62 bits per heavy atom. The molecule has 68 valence electrons. The molecule has 1 aromatic carbocycles. The molecule has 1 atom stereocenters. The molecule has 0 aromatic heterocycles. The summed E-state index contributed by atoms with van der Waals surface area (Å²) in [5, 5.41) is 11.8. The van der Waals surface area contributed by atoms with Crippen molar-refractivity contribution in [1.29, 1.82) is 5.26 Å². The van der Waals surface area contributed by atoms with Gasteiger partial charge in [-0.25, -0.2) is 4.39 Å². The molecule has 0 amide bonds. The molecule has 1 aromatic rings. The number of rotatable bonds is 2. The van der Waals surface area contributed by atoms with Gasteiger partial charge in [0, 0.05) is 10.6 Å². The Kier molecular flexibility index (Phi) is 3.24. The molecule has 0 aliphatic rings. The standard InChI is InChI=1S/C9H8ClFN2/c1-13-9(5-12)7-4-6(10)2-3-8(7)11/h2-4,9,13H,1H3. The Hall–Kier alpha value is -1.11. The Labute approximate surface area is 80.9 Å². The minimum absolute atomic E-state index is 0.275. The highest BCUT2D eigenvalue weighted by atomic mass is 35.5. The molecule has 2 nitrogen and oxygen atoms in total. The van der Waals surface area contributed by atoms with Crippen molar-refractivity contribution < 1.29 is 4.39 Å². The van der Waals surface area contributed by atoms with E-state index >= 15 is 0 Å². The van der Waals surface area contributed by atoms with E-state index in [1.165, 1.54) is 18.2 Å². The van der Waals surface area contributed by atoms with Gasteiger partial charge in [0.1, 0.15) is 11.9 Å². The molecule has 13 heavy (non-hydrogen) atoms. The zero-order valence-corrected chi connectivity index (χ0v) is 7.77. The Balaban J connectivity index is 3.13. The molecule has 1 N–H and O–H groups in total. The van der Waals surface area contributed by atoms with Gasteiger partial charge in [-0.2, -0.15) is 5.26 Å². The maximum atomic E-state index is 13.1. The lowest BCUT2D eigenvalue weighted by molar-refractivity contribution is 0.585. The highest BCUT2D eigenvalue weighted by molar-refractivity contribution is 6.30. The van der Waals surface area contributed by atoms with Crippen LogP contribution in [0, 0.1) is 17.1 Å². The molecule has 0 heterocycles. The van der Waals surface area contributed by atoms with Gasteiger partial charge >= 0.3 is 0 Å². The van der Waals surface area contributed by atoms with Gasteiger partial charge in [0.2, 0.25) is 0 Å². The predicted molar refractivity (Wildman–Crippen MR) is 48.8 cm³/mol. The van der Waals surface area contributed by atoms with Crippen molar-refractivity contribution >= 4 is 11.6 Å². The van der Waals surface area contributed by atoms with Crippen LogP contribution in [0.4, 0.5) is 4.39 Å². The van der Waals surface area contributed by atoms with Crippen LogP contribution in [0.3, 0.4) is 0 Å². The zero-order chi connectivity index (χ0) is 9.84. The molecule has 1 rings (SSSR count). The monoisotopic (exact) mass is 198 g/mol. The first kappa shape index (κ1) is 9.97. The van der Waals surface area contributed by atoms with Crippen molar-refractivity contribution in [1.82, 2.24) is 5.32 Å². The van der Waals surface area contributed by atoms with Crippen molar-refractivity contribution in [3.8, 4) is 6.07 Å². The molecule has 0 spiro atoms. The molecule has 1 unspecified atom stereocenters. The van der Waals surface area contributed by atoms with E-state index in [2.05, 4.69) is 5.32 Å². The number of nitrogens with one attached hydrogen (secondary N) is 1. The van der Waals surface area contributed by atoms with Crippen LogP contribution in [-0.2, 0) is 0 Å². The molecule has 0 saturated heterocycles. The van der Waals surface area contributed by atoms with Crippen molar-refractivity contribution in [3.05, 3.63) is 34.6 Å². The second-order valence-corrected chi connectivity index (χ2v) is 2.95. The van der Waals surface area contributed by atoms with Crippen LogP contribution in [0.2, 0.25) is 5.02 Å². The van der Waals surface area contributed by atoms with Crippen molar-refractivity contribution in [2.75, 3.05) is 7.05 Å². The summed E-state index contributed by atoms with van der Waals surface area (Å²) in [4.78, 5) is 0. The lowest BCUT2D eigenvalue weighted by atomic mass is 10.1. The van der Waals surface area contributed by atoms with Crippen molar-refractivity contribution in [2.24, 2.45) is 0 Å². The first-order chi connectivity index (χ1) is 6.19. The van der Waals surface area contributed by atoms with E-state index in [9.17, 15) is 4.39 Å². The second kappa shape index (κ2) is 4.22. The quantitative estimate of drug-likeness (QED) is 0.792. The number of benzene rings is 1. The van der Waals surface area contributed by atoms with Crippen LogP contribution in [0.15, 0.2) is 18.2 Å². The Morgan fingerprint density at radius 2 is 2.31 bits per heavy atom. The summed E-state index contributed by atoms with van der Waals surface area (Å²) >= 11 is 5.67. The summed E-state index contributed by atoms with van der Waals surface area (Å²) in [6.07, 6.45) is 0. The van der Waals surface area contributed by atoms with Crippen LogP contribution >= 0.6 is 11.6 Å². The molecule has 0 aliphatic heterocycles. The van der Waals surface area contributed by atoms with Gasteiger partial charge in [-0.1, -0.05) is 11.6 Å². The fourth-order valence-corrected chi connectivity index (χ4v) is 1.21. The van der Waals surface area contributed by atoms with Crippen LogP contribution in [0.25, 0.3) is 0 Å². The van der Waals surface area contributed by atoms with Crippen molar-refractivity contribution in [3.63, 3.8) is 0 Å². The topological polar surface area (TPSA) is 35.8 Å². The predicted octanol–water partition coefficient (Wildman–Crippen LogP) is 2.26. The molecule has 4 heteroatoms. The van der Waals surface area contributed by atoms with Crippen LogP contribution in [-0.4, -0.2) is 7.05 Å². The maximum Gasteiger partial charge on any atom is 0.129 e. The van der Waals surface area contributed by atoms with Gasteiger partial charge in [-0.15, -0.1) is 0 Å². The number of halogens is 2. The van der Waals surface area contributed by atoms with E-state index in [4.69, 9.17) is 16.9 Å². The highest BCUT2D eigenvalue weighted by Gasteiger charge is 2.12. The van der Waals surface area contributed by atoms with Gasteiger partial charge in [-0.3, -0.25) is 0 Å². The molecule has 0 saturated carbocycles. The van der Waals surface area contributed by atoms with Crippen LogP contribution in [0.1, 0.15) is 11.6 Å². The largest absolute Gasteiger partial charge is 0.301 e. The number of hydrogen-bond acceptors (Lipinski definition) is 2. The smallest absolute Gasteiger partial charge is 0.129 e. The number of hydrogen-bond donors (Lipinski definition) is 1. The third-order valence-corrected chi connectivity index (χ3v) is 1.92. The van der Waals surface area contributed by atoms with Gasteiger partial charge in [-0.05, 0) is 25.2 Å². The van der Waals surface area contributed by atoms with Crippen molar-refractivity contribution in [2.45, 2.75) is 6.04 Å². The van der Waals surface area contributed by atoms with Gasteiger partial charge in [0.25, 0.3) is 0 Å². The number of nitrogens with zero attached hydrogens (tertiary/aromatic N) is 1. The first-order valence-corrected chi connectivity index (χ1v) is 4.08. The van der Waals surface area contributed by atoms with Gasteiger partial charge in [0.05, 0.1) is 6.07 Å². The van der Waals surface area contributed by atoms with E-state index in [1.807, 2.05) is 6.07 Å². The Morgan fingerprint density at radius 3 is 2.85 bits per heavy atom. The molecule has 0 bridgehead atoms. The van der Waals surface area contributed by atoms with E-state index < -0.39 is 11.9 Å². The van der Waals surface area contributed by atoms with Crippen LogP contribution in [0.5, 0.6) is 0 Å². The second-order valence-electron chi connectivity index (χ2n) is 2.52. The third kappa shape index (κ3) is 2.18. The van der Waals surface area contributed by atoms with Gasteiger partial charge in [0.15, 0.2) is 0 Å². The lowest BCUT2D eigenvalue weighted by Crippen LogP contribution is -2.15. The summed E-state index contributed by atoms with van der Waals surface area (Å²) < 4.78 is 13.1. The Bertz CT molecular complexity index is 346. The molecule has 0 fully saturated rings. The maximum absolute atomic E-state index is 13.1. The summed E-state index contributed by atoms with van der Waals surface area (Å²) in [6.45, 7) is 0. The fourth-order valence-electron chi connectivity index (χ4n) is 1.03. The highest BCUT2D eigenvalue weighted by Crippen LogP contribution is 2.20. The summed E-state index contributed by atoms with van der Waals surface area (Å²) in [7, 11) is 1.59. The summed E-state index contributed by atoms with van der Waals surface area (Å²) in [5.74, 6) is -0.426. The normalized spacial score (nSPS) is 12.2. The fraction of sp³-hybridized carbons (Fsp3) is 0.222. The van der Waals surface area contributed by atoms with E-state index in [0.29, 0.717) is 5.02 Å². The molecular formula is C9H8ClFN2. The number of nitriles is 1. The van der Waals surface area contributed by atoms with E-state index in [0.717, 1.165) is 0 Å². The zero-order valence-electron chi connectivity index (χ0n) is 7.01. The summed E-state index contributed by atoms with van der Waals surface area (Å²) in [6, 6.07) is 5.42. The van der Waals surface area contributed by atoms with E-state index in [1.54, 1.807) is 7.05 Å². The lowest BCUT2D eigenvalue weighted by Gasteiger charge is -2.08. The van der Waals surface area contributed by atoms with Gasteiger partial charge < -0.3 is 5.32 Å². The van der Waals surface area contributed by atoms with Crippen LogP contribution < -0.4 is 5.32 Å². The first-order valence-electron chi connectivity index (χ1n) is 3.71. The minimum atomic E-state index is -0.654. The molecular weight excluding hydrogens is 191 g/mol. The minimum Gasteiger partial charge on any atom is -0.301 e.